The molecule has 0 radical (unpaired) electrons. The normalized spacial score (nSPS) is 14.6. The van der Waals surface area contributed by atoms with E-state index in [0.29, 0.717) is 11.5 Å². The maximum Gasteiger partial charge on any atom is 0.153 e. The fraction of sp³-hybridized carbons (Fsp3) is 0.267. The topological polar surface area (TPSA) is 54.2 Å². The van der Waals surface area contributed by atoms with E-state index in [9.17, 15) is 0 Å². The van der Waals surface area contributed by atoms with Gasteiger partial charge in [0.05, 0.1) is 5.69 Å². The first kappa shape index (κ1) is 11.8. The van der Waals surface area contributed by atoms with E-state index in [1.165, 1.54) is 31.6 Å². The lowest BCUT2D eigenvalue weighted by atomic mass is 10.2. The van der Waals surface area contributed by atoms with E-state index in [1.54, 1.807) is 6.20 Å². The highest BCUT2D eigenvalue weighted by atomic mass is 15.1. The average Bonchev–Trinajstić information content (AvgIpc) is 2.96. The molecule has 0 unspecified atom stereocenters. The molecule has 0 bridgehead atoms. The molecule has 0 saturated carbocycles. The Hall–Kier alpha value is -2.23. The zero-order valence-corrected chi connectivity index (χ0v) is 10.8. The number of aromatic nitrogens is 1. The van der Waals surface area contributed by atoms with Crippen molar-refractivity contribution in [3.63, 3.8) is 0 Å². The summed E-state index contributed by atoms with van der Waals surface area (Å²) in [6, 6.07) is 12.1. The van der Waals surface area contributed by atoms with Crippen LogP contribution in [0.3, 0.4) is 0 Å². The van der Waals surface area contributed by atoms with Gasteiger partial charge in [-0.2, -0.15) is 0 Å². The smallest absolute Gasteiger partial charge is 0.153 e. The zero-order valence-electron chi connectivity index (χ0n) is 10.8. The summed E-state index contributed by atoms with van der Waals surface area (Å²) in [5.41, 5.74) is 8.82. The Morgan fingerprint density at radius 1 is 1.05 bits per heavy atom. The highest BCUT2D eigenvalue weighted by molar-refractivity contribution is 5.69. The van der Waals surface area contributed by atoms with E-state index in [2.05, 4.69) is 39.5 Å². The van der Waals surface area contributed by atoms with Crippen molar-refractivity contribution in [2.75, 3.05) is 29.0 Å². The second-order valence-electron chi connectivity index (χ2n) is 4.81. The van der Waals surface area contributed by atoms with Crippen LogP contribution in [0.5, 0.6) is 0 Å². The minimum atomic E-state index is 0.658. The van der Waals surface area contributed by atoms with Crippen molar-refractivity contribution in [1.29, 1.82) is 0 Å². The Kier molecular flexibility index (Phi) is 3.23. The maximum atomic E-state index is 5.86. The highest BCUT2D eigenvalue weighted by Crippen LogP contribution is 2.24. The molecule has 1 aromatic heterocycles. The monoisotopic (exact) mass is 254 g/mol. The van der Waals surface area contributed by atoms with Crippen molar-refractivity contribution < 1.29 is 0 Å². The van der Waals surface area contributed by atoms with Gasteiger partial charge in [0.2, 0.25) is 0 Å². The van der Waals surface area contributed by atoms with Gasteiger partial charge < -0.3 is 16.0 Å². The molecule has 4 nitrogen and oxygen atoms in total. The lowest BCUT2D eigenvalue weighted by molar-refractivity contribution is 0.949. The molecule has 4 heteroatoms. The molecule has 1 aromatic carbocycles. The van der Waals surface area contributed by atoms with Crippen molar-refractivity contribution >= 4 is 22.9 Å². The first-order chi connectivity index (χ1) is 9.33. The summed E-state index contributed by atoms with van der Waals surface area (Å²) < 4.78 is 0. The minimum Gasteiger partial charge on any atom is -0.396 e. The first-order valence-corrected chi connectivity index (χ1v) is 6.65. The van der Waals surface area contributed by atoms with Gasteiger partial charge in [0, 0.05) is 30.7 Å². The van der Waals surface area contributed by atoms with Crippen LogP contribution < -0.4 is 16.0 Å². The van der Waals surface area contributed by atoms with E-state index in [4.69, 9.17) is 5.73 Å². The molecule has 98 valence electrons. The Morgan fingerprint density at radius 3 is 2.47 bits per heavy atom. The van der Waals surface area contributed by atoms with Crippen molar-refractivity contribution in [2.45, 2.75) is 12.8 Å². The number of anilines is 4. The van der Waals surface area contributed by atoms with Gasteiger partial charge in [0.15, 0.2) is 5.82 Å². The summed E-state index contributed by atoms with van der Waals surface area (Å²) >= 11 is 0. The number of nitrogens with zero attached hydrogens (tertiary/aromatic N) is 2. The fourth-order valence-corrected chi connectivity index (χ4v) is 2.39. The molecule has 0 amide bonds. The SMILES string of the molecule is Nc1cccnc1Nc1ccc(N2CCCC2)cc1. The Labute approximate surface area is 113 Å². The molecular formula is C15H18N4. The van der Waals surface area contributed by atoms with Crippen molar-refractivity contribution in [3.8, 4) is 0 Å². The molecular weight excluding hydrogens is 236 g/mol. The summed E-state index contributed by atoms with van der Waals surface area (Å²) in [7, 11) is 0. The number of nitrogens with one attached hydrogen (secondary N) is 1. The van der Waals surface area contributed by atoms with E-state index in [-0.39, 0.29) is 0 Å². The van der Waals surface area contributed by atoms with E-state index < -0.39 is 0 Å². The number of rotatable bonds is 3. The Morgan fingerprint density at radius 2 is 1.79 bits per heavy atom. The van der Waals surface area contributed by atoms with Gasteiger partial charge in [-0.25, -0.2) is 4.98 Å². The van der Waals surface area contributed by atoms with Gasteiger partial charge in [0.25, 0.3) is 0 Å². The number of benzene rings is 1. The standard InChI is InChI=1S/C15H18N4/c16-14-4-3-9-17-15(14)18-12-5-7-13(8-6-12)19-10-1-2-11-19/h3-9H,1-2,10-11,16H2,(H,17,18). The van der Waals surface area contributed by atoms with Crippen LogP contribution in [0, 0.1) is 0 Å². The number of pyridine rings is 1. The summed E-state index contributed by atoms with van der Waals surface area (Å²) in [5.74, 6) is 0.705. The molecule has 3 rings (SSSR count). The van der Waals surface area contributed by atoms with Crippen LogP contribution in [-0.2, 0) is 0 Å². The second kappa shape index (κ2) is 5.18. The summed E-state index contributed by atoms with van der Waals surface area (Å²) in [5, 5.41) is 3.24. The molecule has 0 spiro atoms. The van der Waals surface area contributed by atoms with Crippen molar-refractivity contribution in [3.05, 3.63) is 42.6 Å². The molecule has 3 N–H and O–H groups in total. The van der Waals surface area contributed by atoms with Gasteiger partial charge in [-0.1, -0.05) is 0 Å². The van der Waals surface area contributed by atoms with Gasteiger partial charge in [0.1, 0.15) is 0 Å². The molecule has 1 aliphatic rings. The van der Waals surface area contributed by atoms with Gasteiger partial charge in [-0.15, -0.1) is 0 Å². The van der Waals surface area contributed by atoms with Crippen molar-refractivity contribution in [1.82, 2.24) is 4.98 Å². The lowest BCUT2D eigenvalue weighted by Crippen LogP contribution is -2.17. The van der Waals surface area contributed by atoms with Crippen LogP contribution in [-0.4, -0.2) is 18.1 Å². The molecule has 0 atom stereocenters. The second-order valence-corrected chi connectivity index (χ2v) is 4.81. The molecule has 2 aromatic rings. The van der Waals surface area contributed by atoms with E-state index >= 15 is 0 Å². The molecule has 19 heavy (non-hydrogen) atoms. The predicted octanol–water partition coefficient (Wildman–Crippen LogP) is 3.01. The number of nitrogens with two attached hydrogens (primary N) is 1. The third-order valence-corrected chi connectivity index (χ3v) is 3.44. The minimum absolute atomic E-state index is 0.658. The quantitative estimate of drug-likeness (QED) is 0.884. The summed E-state index contributed by atoms with van der Waals surface area (Å²) in [6.07, 6.45) is 4.33. The van der Waals surface area contributed by atoms with Crippen LogP contribution in [0.2, 0.25) is 0 Å². The van der Waals surface area contributed by atoms with Crippen LogP contribution in [0.4, 0.5) is 22.9 Å². The average molecular weight is 254 g/mol. The summed E-state index contributed by atoms with van der Waals surface area (Å²) in [4.78, 5) is 6.64. The zero-order chi connectivity index (χ0) is 13.1. The van der Waals surface area contributed by atoms with E-state index in [1.807, 2.05) is 12.1 Å². The lowest BCUT2D eigenvalue weighted by Gasteiger charge is -2.18. The van der Waals surface area contributed by atoms with Gasteiger partial charge in [-0.3, -0.25) is 0 Å². The van der Waals surface area contributed by atoms with Crippen LogP contribution in [0.15, 0.2) is 42.6 Å². The third kappa shape index (κ3) is 2.62. The highest BCUT2D eigenvalue weighted by Gasteiger charge is 2.11. The van der Waals surface area contributed by atoms with Crippen molar-refractivity contribution in [2.24, 2.45) is 0 Å². The third-order valence-electron chi connectivity index (χ3n) is 3.44. The fourth-order valence-electron chi connectivity index (χ4n) is 2.39. The summed E-state index contributed by atoms with van der Waals surface area (Å²) in [6.45, 7) is 2.33. The molecule has 2 heterocycles. The first-order valence-electron chi connectivity index (χ1n) is 6.65. The number of nitrogen functional groups attached to an aromatic ring is 1. The molecule has 1 saturated heterocycles. The van der Waals surface area contributed by atoms with Crippen LogP contribution >= 0.6 is 0 Å². The maximum absolute atomic E-state index is 5.86. The molecule has 1 fully saturated rings. The van der Waals surface area contributed by atoms with Crippen LogP contribution in [0.25, 0.3) is 0 Å². The predicted molar refractivity (Wildman–Crippen MR) is 79.8 cm³/mol. The Balaban J connectivity index is 1.74. The van der Waals surface area contributed by atoms with Gasteiger partial charge in [-0.05, 0) is 49.2 Å². The van der Waals surface area contributed by atoms with Crippen LogP contribution in [0.1, 0.15) is 12.8 Å². The molecule has 0 aliphatic carbocycles. The number of hydrogen-bond donors (Lipinski definition) is 2. The van der Waals surface area contributed by atoms with E-state index in [0.717, 1.165) is 5.69 Å². The molecule has 1 aliphatic heterocycles. The van der Waals surface area contributed by atoms with Gasteiger partial charge >= 0.3 is 0 Å². The Bertz CT molecular complexity index is 544. The largest absolute Gasteiger partial charge is 0.396 e. The number of hydrogen-bond acceptors (Lipinski definition) is 4.